The minimum absolute atomic E-state index is 0.00599. The lowest BCUT2D eigenvalue weighted by atomic mass is 9.99. The van der Waals surface area contributed by atoms with Crippen molar-refractivity contribution < 1.29 is 27.5 Å². The number of anilines is 1. The predicted octanol–water partition coefficient (Wildman–Crippen LogP) is 3.02. The Labute approximate surface area is 247 Å². The van der Waals surface area contributed by atoms with Crippen molar-refractivity contribution in [3.63, 3.8) is 0 Å². The molecular formula is C31H40N4O6S. The van der Waals surface area contributed by atoms with E-state index in [0.717, 1.165) is 41.3 Å². The maximum absolute atomic E-state index is 14.0. The van der Waals surface area contributed by atoms with Crippen LogP contribution < -0.4 is 14.9 Å². The summed E-state index contributed by atoms with van der Waals surface area (Å²) in [5.41, 5.74) is 3.75. The average molecular weight is 597 g/mol. The lowest BCUT2D eigenvalue weighted by molar-refractivity contribution is -0.134. The van der Waals surface area contributed by atoms with Crippen molar-refractivity contribution in [2.24, 2.45) is 0 Å². The normalized spacial score (nSPS) is 18.3. The van der Waals surface area contributed by atoms with E-state index in [1.54, 1.807) is 13.0 Å². The number of rotatable bonds is 12. The molecule has 3 aromatic rings. The first-order chi connectivity index (χ1) is 20.3. The second-order valence-electron chi connectivity index (χ2n) is 10.9. The molecule has 1 saturated heterocycles. The summed E-state index contributed by atoms with van der Waals surface area (Å²) in [7, 11) is -3.55. The number of nitrogens with zero attached hydrogens (tertiary/aromatic N) is 2. The molecule has 2 aliphatic rings. The smallest absolute Gasteiger partial charge is 0.293 e. The maximum atomic E-state index is 14.0. The molecule has 2 aliphatic heterocycles. The van der Waals surface area contributed by atoms with Crippen LogP contribution in [0.15, 0.2) is 48.7 Å². The molecule has 2 atom stereocenters. The number of amides is 1. The van der Waals surface area contributed by atoms with E-state index in [4.69, 9.17) is 9.47 Å². The first-order valence-electron chi connectivity index (χ1n) is 14.8. The van der Waals surface area contributed by atoms with Crippen LogP contribution in [0.3, 0.4) is 0 Å². The molecule has 226 valence electrons. The van der Waals surface area contributed by atoms with E-state index in [1.165, 1.54) is 4.31 Å². The van der Waals surface area contributed by atoms with E-state index in [9.17, 15) is 18.0 Å². The molecule has 0 radical (unpaired) electrons. The number of hydrogen-bond acceptors (Lipinski definition) is 7. The van der Waals surface area contributed by atoms with Crippen LogP contribution in [0.1, 0.15) is 48.2 Å². The fourth-order valence-corrected chi connectivity index (χ4v) is 7.52. The number of sulfonamides is 1. The zero-order valence-electron chi connectivity index (χ0n) is 24.3. The van der Waals surface area contributed by atoms with Crippen molar-refractivity contribution in [2.45, 2.75) is 64.3 Å². The van der Waals surface area contributed by atoms with Crippen molar-refractivity contribution in [2.75, 3.05) is 36.4 Å². The van der Waals surface area contributed by atoms with Crippen LogP contribution in [0.4, 0.5) is 5.69 Å². The highest BCUT2D eigenvalue weighted by Gasteiger charge is 2.31. The van der Waals surface area contributed by atoms with Crippen LogP contribution in [0.25, 0.3) is 10.9 Å². The van der Waals surface area contributed by atoms with Gasteiger partial charge in [0.05, 0.1) is 23.0 Å². The molecule has 10 nitrogen and oxygen atoms in total. The molecule has 42 heavy (non-hydrogen) atoms. The van der Waals surface area contributed by atoms with Crippen LogP contribution in [0.5, 0.6) is 0 Å². The fraction of sp³-hybridized carbons (Fsp3) is 0.484. The molecule has 3 heterocycles. The minimum atomic E-state index is -3.55. The molecule has 2 N–H and O–H groups in total. The summed E-state index contributed by atoms with van der Waals surface area (Å²) in [6.45, 7) is 6.63. The Kier molecular flexibility index (Phi) is 9.50. The van der Waals surface area contributed by atoms with E-state index in [1.807, 2.05) is 54.1 Å². The van der Waals surface area contributed by atoms with Gasteiger partial charge in [-0.25, -0.2) is 8.42 Å². The third kappa shape index (κ3) is 6.48. The number of carbonyl (C=O) groups is 2. The molecule has 0 unspecified atom stereocenters. The third-order valence-electron chi connectivity index (χ3n) is 8.28. The number of benzene rings is 2. The first kappa shape index (κ1) is 30.1. The summed E-state index contributed by atoms with van der Waals surface area (Å²) in [5, 5.41) is 7.50. The Balaban J connectivity index is 1.49. The van der Waals surface area contributed by atoms with Gasteiger partial charge < -0.3 is 24.7 Å². The van der Waals surface area contributed by atoms with Crippen molar-refractivity contribution >= 4 is 39.0 Å². The third-order valence-corrected chi connectivity index (χ3v) is 10.1. The van der Waals surface area contributed by atoms with E-state index >= 15 is 0 Å². The number of hydrogen-bond donors (Lipinski definition) is 2. The highest BCUT2D eigenvalue weighted by Crippen LogP contribution is 2.36. The number of ether oxygens (including phenoxy) is 2. The van der Waals surface area contributed by atoms with Gasteiger partial charge >= 0.3 is 0 Å². The monoisotopic (exact) mass is 596 g/mol. The molecule has 0 bridgehead atoms. The summed E-state index contributed by atoms with van der Waals surface area (Å²) in [6.07, 6.45) is 4.29. The number of aryl methyl sites for hydroxylation is 2. The molecule has 1 amide bonds. The second-order valence-corrected chi connectivity index (χ2v) is 12.9. The summed E-state index contributed by atoms with van der Waals surface area (Å²) < 4.78 is 40.8. The fourth-order valence-electron chi connectivity index (χ4n) is 6.04. The topological polar surface area (TPSA) is 119 Å². The Morgan fingerprint density at radius 1 is 1.17 bits per heavy atom. The summed E-state index contributed by atoms with van der Waals surface area (Å²) in [4.78, 5) is 25.6. The summed E-state index contributed by atoms with van der Waals surface area (Å²) >= 11 is 0. The van der Waals surface area contributed by atoms with Crippen molar-refractivity contribution in [3.05, 3.63) is 65.4 Å². The highest BCUT2D eigenvalue weighted by atomic mass is 32.2. The first-order valence-corrected chi connectivity index (χ1v) is 16.4. The molecule has 0 saturated carbocycles. The Bertz CT molecular complexity index is 1500. The molecule has 2 aromatic carbocycles. The number of aromatic nitrogens is 1. The van der Waals surface area contributed by atoms with Gasteiger partial charge in [0.15, 0.2) is 0 Å². The Hall–Kier alpha value is -3.41. The van der Waals surface area contributed by atoms with Crippen LogP contribution >= 0.6 is 0 Å². The molecule has 5 rings (SSSR count). The number of carbonyl (C=O) groups excluding carboxylic acids is 2. The van der Waals surface area contributed by atoms with E-state index in [2.05, 4.69) is 10.6 Å². The number of nitrogens with one attached hydrogen (secondary N) is 2. The average Bonchev–Trinajstić information content (AvgIpc) is 3.32. The predicted molar refractivity (Wildman–Crippen MR) is 162 cm³/mol. The van der Waals surface area contributed by atoms with Gasteiger partial charge in [-0.15, -0.1) is 0 Å². The molecule has 0 aliphatic carbocycles. The Morgan fingerprint density at radius 3 is 2.62 bits per heavy atom. The standard InChI is InChI=1S/C31H40N4O6S/c1-3-23-20-34-12-15-42(38,39)35(4-2)28-18-24(17-26(23)30(28)34)31(37)33-27(16-22-8-6-5-7-9-22)29(41-21-36)19-32-25-10-13-40-14-11-25/h5-9,17-18,20-21,25,27,29,32H,3-4,10-16,19H2,1-2H3,(H,33,37)/t27-,29+/m0/s1. The van der Waals surface area contributed by atoms with Crippen molar-refractivity contribution in [1.29, 1.82) is 0 Å². The molecule has 1 fully saturated rings. The van der Waals surface area contributed by atoms with Crippen LogP contribution in [0, 0.1) is 0 Å². The van der Waals surface area contributed by atoms with E-state index in [0.29, 0.717) is 50.4 Å². The van der Waals surface area contributed by atoms with Crippen LogP contribution in [-0.4, -0.2) is 75.6 Å². The summed E-state index contributed by atoms with van der Waals surface area (Å²) in [5.74, 6) is -0.360. The van der Waals surface area contributed by atoms with Gasteiger partial charge in [-0.1, -0.05) is 37.3 Å². The lowest BCUT2D eigenvalue weighted by Gasteiger charge is -2.30. The van der Waals surface area contributed by atoms with Gasteiger partial charge in [0.1, 0.15) is 6.10 Å². The van der Waals surface area contributed by atoms with E-state index < -0.39 is 22.2 Å². The largest absolute Gasteiger partial charge is 0.461 e. The quantitative estimate of drug-likeness (QED) is 0.309. The van der Waals surface area contributed by atoms with Crippen molar-refractivity contribution in [3.8, 4) is 0 Å². The van der Waals surface area contributed by atoms with Gasteiger partial charge in [-0.3, -0.25) is 13.9 Å². The SMILES string of the molecule is CCc1cn2c3c(cc(C(=O)N[C@@H](Cc4ccccc4)[C@@H](CNC4CCOCC4)OC=O)cc13)N(CC)S(=O)(=O)CC2. The van der Waals surface area contributed by atoms with Gasteiger partial charge in [0.25, 0.3) is 12.4 Å². The second kappa shape index (κ2) is 13.3. The van der Waals surface area contributed by atoms with Crippen LogP contribution in [-0.2, 0) is 43.7 Å². The molecule has 11 heteroatoms. The van der Waals surface area contributed by atoms with Gasteiger partial charge in [0.2, 0.25) is 10.0 Å². The minimum Gasteiger partial charge on any atom is -0.461 e. The van der Waals surface area contributed by atoms with Gasteiger partial charge in [-0.2, -0.15) is 0 Å². The zero-order valence-corrected chi connectivity index (χ0v) is 25.1. The lowest BCUT2D eigenvalue weighted by Crippen LogP contribution is -2.51. The van der Waals surface area contributed by atoms with Crippen molar-refractivity contribution in [1.82, 2.24) is 15.2 Å². The molecule has 1 aromatic heterocycles. The van der Waals surface area contributed by atoms with Gasteiger partial charge in [0, 0.05) is 56.0 Å². The highest BCUT2D eigenvalue weighted by molar-refractivity contribution is 7.92. The molecule has 0 spiro atoms. The Morgan fingerprint density at radius 2 is 1.93 bits per heavy atom. The zero-order chi connectivity index (χ0) is 29.7. The van der Waals surface area contributed by atoms with Crippen LogP contribution in [0.2, 0.25) is 0 Å². The summed E-state index contributed by atoms with van der Waals surface area (Å²) in [6, 6.07) is 13.0. The maximum Gasteiger partial charge on any atom is 0.293 e. The van der Waals surface area contributed by atoms with Gasteiger partial charge in [-0.05, 0) is 55.9 Å². The van der Waals surface area contributed by atoms with E-state index in [-0.39, 0.29) is 24.2 Å². The molecular weight excluding hydrogens is 556 g/mol.